The number of benzene rings is 7. The van der Waals surface area contributed by atoms with Crippen LogP contribution in [-0.2, 0) is 0 Å². The van der Waals surface area contributed by atoms with Gasteiger partial charge in [0.25, 0.3) is 0 Å². The fraction of sp³-hybridized carbons (Fsp3) is 0. The van der Waals surface area contributed by atoms with E-state index in [4.69, 9.17) is 15.0 Å². The summed E-state index contributed by atoms with van der Waals surface area (Å²) in [5, 5.41) is 8.55. The molecule has 4 heterocycles. The zero-order valence-corrected chi connectivity index (χ0v) is 29.4. The van der Waals surface area contributed by atoms with Crippen molar-refractivity contribution < 1.29 is 0 Å². The Morgan fingerprint density at radius 1 is 0.365 bits per heavy atom. The highest BCUT2D eigenvalue weighted by Crippen LogP contribution is 2.45. The predicted octanol–water partition coefficient (Wildman–Crippen LogP) is 13.6. The molecule has 5 heteroatoms. The van der Waals surface area contributed by atoms with Crippen molar-refractivity contribution >= 4 is 84.7 Å². The molecule has 242 valence electrons. The molecule has 0 saturated heterocycles. The molecule has 0 spiro atoms. The van der Waals surface area contributed by atoms with E-state index < -0.39 is 0 Å². The van der Waals surface area contributed by atoms with E-state index in [0.29, 0.717) is 0 Å². The minimum atomic E-state index is 0.718. The van der Waals surface area contributed by atoms with Crippen LogP contribution in [0.1, 0.15) is 0 Å². The molecule has 0 unspecified atom stereocenters. The summed E-state index contributed by atoms with van der Waals surface area (Å²) in [5.74, 6) is 0.718. The Morgan fingerprint density at radius 3 is 1.92 bits per heavy atom. The average Bonchev–Trinajstić information content (AvgIpc) is 3.79. The van der Waals surface area contributed by atoms with E-state index in [2.05, 4.69) is 158 Å². The van der Waals surface area contributed by atoms with Gasteiger partial charge in [0.05, 0.1) is 22.6 Å². The van der Waals surface area contributed by atoms with E-state index >= 15 is 0 Å². The maximum Gasteiger partial charge on any atom is 0.160 e. The van der Waals surface area contributed by atoms with Crippen LogP contribution in [-0.4, -0.2) is 15.0 Å². The summed E-state index contributed by atoms with van der Waals surface area (Å²) in [4.78, 5) is 15.7. The lowest BCUT2D eigenvalue weighted by Gasteiger charge is -2.11. The third-order valence-electron chi connectivity index (χ3n) is 10.1. The molecule has 11 aromatic rings. The molecule has 7 aromatic carbocycles. The molecule has 0 atom stereocenters. The van der Waals surface area contributed by atoms with E-state index in [9.17, 15) is 0 Å². The minimum Gasteiger partial charge on any atom is -0.247 e. The molecular formula is C47H27N3S2. The monoisotopic (exact) mass is 697 g/mol. The number of aromatic nitrogens is 3. The van der Waals surface area contributed by atoms with Crippen LogP contribution in [0.2, 0.25) is 0 Å². The first-order valence-corrected chi connectivity index (χ1v) is 19.0. The number of hydrogen-bond donors (Lipinski definition) is 0. The van der Waals surface area contributed by atoms with Crippen LogP contribution in [0.4, 0.5) is 0 Å². The lowest BCUT2D eigenvalue weighted by molar-refractivity contribution is 1.19. The predicted molar refractivity (Wildman–Crippen MR) is 222 cm³/mol. The van der Waals surface area contributed by atoms with Gasteiger partial charge in [-0.1, -0.05) is 121 Å². The summed E-state index contributed by atoms with van der Waals surface area (Å²) in [7, 11) is 0. The summed E-state index contributed by atoms with van der Waals surface area (Å²) in [5.41, 5.74) is 8.17. The molecule has 0 fully saturated rings. The van der Waals surface area contributed by atoms with Gasteiger partial charge >= 0.3 is 0 Å². The van der Waals surface area contributed by atoms with Crippen molar-refractivity contribution in [1.82, 2.24) is 15.0 Å². The molecule has 0 aliphatic rings. The molecule has 0 radical (unpaired) electrons. The van der Waals surface area contributed by atoms with Crippen molar-refractivity contribution in [2.24, 2.45) is 0 Å². The Kier molecular flexibility index (Phi) is 6.59. The van der Waals surface area contributed by atoms with Crippen LogP contribution >= 0.6 is 22.7 Å². The van der Waals surface area contributed by atoms with Crippen molar-refractivity contribution in [1.29, 1.82) is 0 Å². The lowest BCUT2D eigenvalue weighted by atomic mass is 9.98. The normalized spacial score (nSPS) is 11.8. The van der Waals surface area contributed by atoms with Crippen LogP contribution < -0.4 is 0 Å². The third-order valence-corrected chi connectivity index (χ3v) is 12.4. The molecule has 0 N–H and O–H groups in total. The number of rotatable bonds is 4. The summed E-state index contributed by atoms with van der Waals surface area (Å²) >= 11 is 3.68. The Balaban J connectivity index is 1.15. The van der Waals surface area contributed by atoms with Gasteiger partial charge in [-0.2, -0.15) is 0 Å². The molecule has 0 aliphatic heterocycles. The van der Waals surface area contributed by atoms with Gasteiger partial charge in [-0.05, 0) is 42.5 Å². The van der Waals surface area contributed by atoms with Crippen molar-refractivity contribution in [3.05, 3.63) is 164 Å². The number of fused-ring (bicyclic) bond motifs is 10. The molecule has 52 heavy (non-hydrogen) atoms. The fourth-order valence-electron chi connectivity index (χ4n) is 7.68. The van der Waals surface area contributed by atoms with Crippen molar-refractivity contribution in [3.8, 4) is 45.2 Å². The maximum absolute atomic E-state index is 5.33. The first-order valence-electron chi connectivity index (χ1n) is 17.4. The molecule has 0 aliphatic carbocycles. The zero-order valence-electron chi connectivity index (χ0n) is 27.7. The van der Waals surface area contributed by atoms with E-state index in [1.165, 1.54) is 56.5 Å². The van der Waals surface area contributed by atoms with E-state index in [-0.39, 0.29) is 0 Å². The Labute approximate surface area is 307 Å². The van der Waals surface area contributed by atoms with Gasteiger partial charge in [-0.3, -0.25) is 0 Å². The molecule has 3 nitrogen and oxygen atoms in total. The smallest absolute Gasteiger partial charge is 0.160 e. The van der Waals surface area contributed by atoms with E-state index in [1.807, 2.05) is 28.7 Å². The quantitative estimate of drug-likeness (QED) is 0.172. The van der Waals surface area contributed by atoms with Crippen LogP contribution in [0, 0.1) is 0 Å². The molecule has 0 amide bonds. The van der Waals surface area contributed by atoms with Gasteiger partial charge < -0.3 is 0 Å². The van der Waals surface area contributed by atoms with Crippen LogP contribution in [0.5, 0.6) is 0 Å². The van der Waals surface area contributed by atoms with Gasteiger partial charge in [-0.25, -0.2) is 15.0 Å². The van der Waals surface area contributed by atoms with E-state index in [0.717, 1.165) is 50.7 Å². The molecule has 0 saturated carbocycles. The molecule has 11 rings (SSSR count). The van der Waals surface area contributed by atoms with Gasteiger partial charge in [0.1, 0.15) is 0 Å². The third kappa shape index (κ3) is 4.60. The number of thiophene rings is 2. The second kappa shape index (κ2) is 11.6. The van der Waals surface area contributed by atoms with Crippen LogP contribution in [0.3, 0.4) is 0 Å². The zero-order chi connectivity index (χ0) is 34.2. The van der Waals surface area contributed by atoms with Gasteiger partial charge in [0.2, 0.25) is 0 Å². The summed E-state index contributed by atoms with van der Waals surface area (Å²) < 4.78 is 5.05. The Morgan fingerprint density at radius 2 is 1.06 bits per heavy atom. The van der Waals surface area contributed by atoms with Crippen molar-refractivity contribution in [2.75, 3.05) is 0 Å². The number of hydrogen-bond acceptors (Lipinski definition) is 5. The molecule has 4 aromatic heterocycles. The molecular weight excluding hydrogens is 671 g/mol. The van der Waals surface area contributed by atoms with Gasteiger partial charge in [0, 0.05) is 78.8 Å². The van der Waals surface area contributed by atoms with Crippen LogP contribution in [0.25, 0.3) is 107 Å². The summed E-state index contributed by atoms with van der Waals surface area (Å²) in [6.07, 6.45) is 0. The first kappa shape index (κ1) is 29.5. The Bertz CT molecular complexity index is 3180. The number of nitrogens with zero attached hydrogens (tertiary/aromatic N) is 3. The average molecular weight is 698 g/mol. The second-order valence-corrected chi connectivity index (χ2v) is 15.3. The fourth-order valence-corrected chi connectivity index (χ4v) is 10.1. The lowest BCUT2D eigenvalue weighted by Crippen LogP contribution is -1.96. The SMILES string of the molecule is c1ccc(-c2cc(-c3cccc4sc5ccccc5c34)nc(-c3ccc4sc5c(ccc6c(-c7ccccc7)nc7ccccc7c65)c4c3)n2)cc1. The topological polar surface area (TPSA) is 38.7 Å². The number of para-hydroxylation sites is 1. The van der Waals surface area contributed by atoms with Gasteiger partial charge in [0.15, 0.2) is 5.82 Å². The highest BCUT2D eigenvalue weighted by atomic mass is 32.1. The highest BCUT2D eigenvalue weighted by Gasteiger charge is 2.19. The van der Waals surface area contributed by atoms with Crippen LogP contribution in [0.15, 0.2) is 164 Å². The molecule has 0 bridgehead atoms. The maximum atomic E-state index is 5.33. The standard InChI is InChI=1S/C47H27N3S2/c1-3-12-28(13-4-1)38-27-39(33-18-11-21-42-43(33)34-17-8-10-20-40(34)51-42)50-47(49-38)30-22-25-41-36(26-30)31-23-24-35-44(46(31)52-41)32-16-7-9-19-37(32)48-45(35)29-14-5-2-6-15-29/h1-27H. The largest absolute Gasteiger partial charge is 0.247 e. The van der Waals surface area contributed by atoms with E-state index in [1.54, 1.807) is 0 Å². The minimum absolute atomic E-state index is 0.718. The van der Waals surface area contributed by atoms with Crippen molar-refractivity contribution in [3.63, 3.8) is 0 Å². The highest BCUT2D eigenvalue weighted by molar-refractivity contribution is 7.27. The number of pyridine rings is 1. The Hall–Kier alpha value is -6.27. The first-order chi connectivity index (χ1) is 25.8. The summed E-state index contributed by atoms with van der Waals surface area (Å²) in [6, 6.07) is 58.1. The van der Waals surface area contributed by atoms with Crippen molar-refractivity contribution in [2.45, 2.75) is 0 Å². The summed E-state index contributed by atoms with van der Waals surface area (Å²) in [6.45, 7) is 0. The van der Waals surface area contributed by atoms with Gasteiger partial charge in [-0.15, -0.1) is 22.7 Å². The second-order valence-electron chi connectivity index (χ2n) is 13.1.